The Hall–Kier alpha value is -2.45. The first-order valence-corrected chi connectivity index (χ1v) is 9.44. The first kappa shape index (κ1) is 15.8. The zero-order valence-corrected chi connectivity index (χ0v) is 15.6. The topological polar surface area (TPSA) is 99.5 Å². The first-order chi connectivity index (χ1) is 12.7. The second-order valence-corrected chi connectivity index (χ2v) is 7.53. The van der Waals surface area contributed by atoms with Crippen molar-refractivity contribution in [3.63, 3.8) is 0 Å². The van der Waals surface area contributed by atoms with Crippen molar-refractivity contribution in [3.8, 4) is 0 Å². The molecular weight excluding hydrogens is 394 g/mol. The largest absolute Gasteiger partial charge is 0.346 e. The Kier molecular flexibility index (Phi) is 3.68. The molecule has 132 valence electrons. The molecule has 1 aromatic carbocycles. The molecule has 0 amide bonds. The van der Waals surface area contributed by atoms with E-state index < -0.39 is 0 Å². The van der Waals surface area contributed by atoms with Crippen LogP contribution in [0.25, 0.3) is 22.1 Å². The van der Waals surface area contributed by atoms with Crippen LogP contribution < -0.4 is 10.6 Å². The number of fused-ring (bicyclic) bond motifs is 2. The molecule has 0 saturated carbocycles. The fourth-order valence-corrected chi connectivity index (χ4v) is 4.26. The van der Waals surface area contributed by atoms with Gasteiger partial charge in [-0.15, -0.1) is 0 Å². The molecule has 0 aliphatic carbocycles. The van der Waals surface area contributed by atoms with Crippen LogP contribution in [0, 0.1) is 0 Å². The molecule has 1 saturated heterocycles. The summed E-state index contributed by atoms with van der Waals surface area (Å²) in [7, 11) is 0. The van der Waals surface area contributed by atoms with Gasteiger partial charge in [-0.1, -0.05) is 6.07 Å². The molecule has 0 spiro atoms. The molecule has 2 atom stereocenters. The number of aromatic amines is 2. The fourth-order valence-electron chi connectivity index (χ4n) is 3.81. The van der Waals surface area contributed by atoms with E-state index in [0.717, 1.165) is 57.6 Å². The number of piperidine rings is 1. The zero-order valence-electron chi connectivity index (χ0n) is 14.0. The molecule has 1 fully saturated rings. The van der Waals surface area contributed by atoms with Gasteiger partial charge in [-0.2, -0.15) is 0 Å². The summed E-state index contributed by atoms with van der Waals surface area (Å²) in [5, 5.41) is 1.01. The summed E-state index contributed by atoms with van der Waals surface area (Å²) in [6, 6.07) is 8.05. The van der Waals surface area contributed by atoms with Gasteiger partial charge >= 0.3 is 0 Å². The van der Waals surface area contributed by atoms with Gasteiger partial charge in [0, 0.05) is 23.1 Å². The van der Waals surface area contributed by atoms with Crippen LogP contribution in [0.3, 0.4) is 0 Å². The van der Waals surface area contributed by atoms with Crippen LogP contribution in [-0.4, -0.2) is 37.6 Å². The van der Waals surface area contributed by atoms with Crippen LogP contribution in [0.2, 0.25) is 0 Å². The number of H-pyrrole nitrogens is 2. The highest BCUT2D eigenvalue weighted by atomic mass is 79.9. The number of nitrogens with two attached hydrogens (primary N) is 1. The molecule has 1 aliphatic heterocycles. The molecular formula is C18H18BrN7. The Morgan fingerprint density at radius 3 is 3.00 bits per heavy atom. The van der Waals surface area contributed by atoms with E-state index in [1.807, 2.05) is 30.5 Å². The van der Waals surface area contributed by atoms with Gasteiger partial charge in [-0.05, 0) is 47.0 Å². The Labute approximate surface area is 158 Å². The lowest BCUT2D eigenvalue weighted by Crippen LogP contribution is -2.48. The normalized spacial score (nSPS) is 20.9. The van der Waals surface area contributed by atoms with Crippen LogP contribution in [0.1, 0.15) is 24.6 Å². The van der Waals surface area contributed by atoms with E-state index in [1.54, 1.807) is 6.33 Å². The number of nitrogens with one attached hydrogen (secondary N) is 2. The van der Waals surface area contributed by atoms with Crippen molar-refractivity contribution in [2.24, 2.45) is 5.73 Å². The third-order valence-electron chi connectivity index (χ3n) is 5.12. The van der Waals surface area contributed by atoms with Crippen molar-refractivity contribution in [1.29, 1.82) is 0 Å². The lowest BCUT2D eigenvalue weighted by Gasteiger charge is -2.37. The van der Waals surface area contributed by atoms with Crippen molar-refractivity contribution in [1.82, 2.24) is 24.9 Å². The average Bonchev–Trinajstić information content (AvgIpc) is 3.29. The minimum absolute atomic E-state index is 0.113. The van der Waals surface area contributed by atoms with Crippen molar-refractivity contribution >= 4 is 43.8 Å². The molecule has 4 aromatic rings. The van der Waals surface area contributed by atoms with Crippen LogP contribution in [0.5, 0.6) is 0 Å². The van der Waals surface area contributed by atoms with E-state index in [1.165, 1.54) is 0 Å². The highest BCUT2D eigenvalue weighted by Gasteiger charge is 2.30. The van der Waals surface area contributed by atoms with Gasteiger partial charge < -0.3 is 20.6 Å². The van der Waals surface area contributed by atoms with E-state index >= 15 is 0 Å². The van der Waals surface area contributed by atoms with Gasteiger partial charge in [-0.3, -0.25) is 0 Å². The number of aromatic nitrogens is 5. The summed E-state index contributed by atoms with van der Waals surface area (Å²) in [6.45, 7) is 0.835. The summed E-state index contributed by atoms with van der Waals surface area (Å²) in [4.78, 5) is 22.3. The van der Waals surface area contributed by atoms with Crippen LogP contribution in [0.15, 0.2) is 41.3 Å². The highest BCUT2D eigenvalue weighted by molar-refractivity contribution is 9.10. The molecule has 0 radical (unpaired) electrons. The molecule has 1 aliphatic rings. The Balaban J connectivity index is 1.43. The predicted octanol–water partition coefficient (Wildman–Crippen LogP) is 3.27. The van der Waals surface area contributed by atoms with Gasteiger partial charge in [0.1, 0.15) is 23.6 Å². The number of hydrogen-bond acceptors (Lipinski definition) is 5. The number of para-hydroxylation sites is 1. The lowest BCUT2D eigenvalue weighted by molar-refractivity contribution is 0.408. The van der Waals surface area contributed by atoms with Gasteiger partial charge in [0.25, 0.3) is 0 Å². The Morgan fingerprint density at radius 2 is 2.15 bits per heavy atom. The SMILES string of the molecule is NC1CC(c2nc3cccc(Br)c3[nH]2)CCN1c1ncnc2[nH]ccc12. The highest BCUT2D eigenvalue weighted by Crippen LogP contribution is 2.34. The molecule has 5 rings (SSSR count). The molecule has 8 heteroatoms. The van der Waals surface area contributed by atoms with E-state index in [2.05, 4.69) is 40.8 Å². The molecule has 4 N–H and O–H groups in total. The van der Waals surface area contributed by atoms with E-state index in [4.69, 9.17) is 10.7 Å². The molecule has 4 heterocycles. The summed E-state index contributed by atoms with van der Waals surface area (Å²) in [6.07, 6.45) is 5.16. The van der Waals surface area contributed by atoms with Crippen molar-refractivity contribution in [2.75, 3.05) is 11.4 Å². The van der Waals surface area contributed by atoms with Crippen molar-refractivity contribution in [3.05, 3.63) is 47.1 Å². The lowest BCUT2D eigenvalue weighted by atomic mass is 9.94. The van der Waals surface area contributed by atoms with Gasteiger partial charge in [0.05, 0.1) is 22.6 Å². The molecule has 26 heavy (non-hydrogen) atoms. The minimum atomic E-state index is -0.113. The zero-order chi connectivity index (χ0) is 17.7. The smallest absolute Gasteiger partial charge is 0.142 e. The van der Waals surface area contributed by atoms with Crippen LogP contribution >= 0.6 is 15.9 Å². The van der Waals surface area contributed by atoms with Gasteiger partial charge in [-0.25, -0.2) is 15.0 Å². The summed E-state index contributed by atoms with van der Waals surface area (Å²) in [5.74, 6) is 2.22. The second kappa shape index (κ2) is 6.07. The summed E-state index contributed by atoms with van der Waals surface area (Å²) < 4.78 is 1.03. The summed E-state index contributed by atoms with van der Waals surface area (Å²) in [5.41, 5.74) is 9.39. The van der Waals surface area contributed by atoms with Gasteiger partial charge in [0.2, 0.25) is 0 Å². The quantitative estimate of drug-likeness (QED) is 0.469. The average molecular weight is 412 g/mol. The Bertz CT molecular complexity index is 1090. The van der Waals surface area contributed by atoms with E-state index in [0.29, 0.717) is 5.92 Å². The third-order valence-corrected chi connectivity index (χ3v) is 5.78. The Morgan fingerprint density at radius 1 is 1.23 bits per heavy atom. The first-order valence-electron chi connectivity index (χ1n) is 8.65. The summed E-state index contributed by atoms with van der Waals surface area (Å²) >= 11 is 3.58. The molecule has 2 unspecified atom stereocenters. The van der Waals surface area contributed by atoms with Crippen molar-refractivity contribution in [2.45, 2.75) is 24.9 Å². The minimum Gasteiger partial charge on any atom is -0.346 e. The number of anilines is 1. The number of halogens is 1. The molecule has 3 aromatic heterocycles. The number of benzene rings is 1. The van der Waals surface area contributed by atoms with Crippen molar-refractivity contribution < 1.29 is 0 Å². The fraction of sp³-hybridized carbons (Fsp3) is 0.278. The van der Waals surface area contributed by atoms with Crippen LogP contribution in [0.4, 0.5) is 5.82 Å². The number of rotatable bonds is 2. The third kappa shape index (κ3) is 2.48. The number of nitrogens with zero attached hydrogens (tertiary/aromatic N) is 4. The molecule has 0 bridgehead atoms. The second-order valence-electron chi connectivity index (χ2n) is 6.68. The number of imidazole rings is 1. The predicted molar refractivity (Wildman–Crippen MR) is 105 cm³/mol. The maximum atomic E-state index is 6.53. The number of hydrogen-bond donors (Lipinski definition) is 3. The molecule has 7 nitrogen and oxygen atoms in total. The maximum absolute atomic E-state index is 6.53. The standard InChI is InChI=1S/C18H18BrN7/c19-12-2-1-3-13-15(12)25-16(24-13)10-5-7-26(14(20)8-10)18-11-4-6-21-17(11)22-9-23-18/h1-4,6,9-10,14H,5,7-8,20H2,(H,24,25)(H,21,22,23). The maximum Gasteiger partial charge on any atom is 0.142 e. The van der Waals surface area contributed by atoms with Gasteiger partial charge in [0.15, 0.2) is 0 Å². The van der Waals surface area contributed by atoms with Crippen LogP contribution in [-0.2, 0) is 0 Å². The van der Waals surface area contributed by atoms with E-state index in [-0.39, 0.29) is 6.17 Å². The van der Waals surface area contributed by atoms with E-state index in [9.17, 15) is 0 Å². The monoisotopic (exact) mass is 411 g/mol.